The molecule has 150 valence electrons. The Morgan fingerprint density at radius 3 is 2.76 bits per heavy atom. The lowest BCUT2D eigenvalue weighted by Gasteiger charge is -2.05. The highest BCUT2D eigenvalue weighted by Gasteiger charge is 2.14. The first kappa shape index (κ1) is 20.9. The number of nitrogens with zero attached hydrogens (tertiary/aromatic N) is 2. The minimum absolute atomic E-state index is 0.0647. The lowest BCUT2D eigenvalue weighted by molar-refractivity contribution is -0.118. The summed E-state index contributed by atoms with van der Waals surface area (Å²) in [5.41, 5.74) is 2.56. The fraction of sp³-hybridized carbons (Fsp3) is 0.200. The van der Waals surface area contributed by atoms with Crippen LogP contribution in [0.15, 0.2) is 48.5 Å². The molecule has 2 amide bonds. The number of carbonyl (C=O) groups is 2. The molecule has 0 saturated carbocycles. The van der Waals surface area contributed by atoms with Crippen LogP contribution in [0.5, 0.6) is 0 Å². The summed E-state index contributed by atoms with van der Waals surface area (Å²) in [5, 5.41) is 14.1. The molecule has 0 aliphatic heterocycles. The van der Waals surface area contributed by atoms with E-state index in [-0.39, 0.29) is 16.7 Å². The summed E-state index contributed by atoms with van der Waals surface area (Å²) in [6.45, 7) is 2.50. The van der Waals surface area contributed by atoms with E-state index in [2.05, 4.69) is 20.8 Å². The Balaban J connectivity index is 1.41. The molecular formula is C20H19FN4O2S2. The van der Waals surface area contributed by atoms with Crippen LogP contribution in [0.1, 0.15) is 25.9 Å². The van der Waals surface area contributed by atoms with Gasteiger partial charge in [-0.1, -0.05) is 47.2 Å². The van der Waals surface area contributed by atoms with Gasteiger partial charge in [0.1, 0.15) is 10.8 Å². The highest BCUT2D eigenvalue weighted by Crippen LogP contribution is 2.18. The van der Waals surface area contributed by atoms with Crippen molar-refractivity contribution in [1.82, 2.24) is 15.5 Å². The van der Waals surface area contributed by atoms with Crippen molar-refractivity contribution in [2.75, 3.05) is 11.1 Å². The Labute approximate surface area is 175 Å². The molecule has 6 nitrogen and oxygen atoms in total. The van der Waals surface area contributed by atoms with E-state index in [1.165, 1.54) is 30.0 Å². The molecule has 0 saturated heterocycles. The van der Waals surface area contributed by atoms with Crippen LogP contribution in [0.3, 0.4) is 0 Å². The second-order valence-corrected chi connectivity index (χ2v) is 8.27. The first-order chi connectivity index (χ1) is 14.0. The molecule has 0 spiro atoms. The molecule has 2 aromatic carbocycles. The Kier molecular flexibility index (Phi) is 7.31. The van der Waals surface area contributed by atoms with Crippen LogP contribution >= 0.6 is 23.1 Å². The van der Waals surface area contributed by atoms with E-state index in [0.717, 1.165) is 22.5 Å². The van der Waals surface area contributed by atoms with Gasteiger partial charge in [0, 0.05) is 18.0 Å². The maximum absolute atomic E-state index is 13.2. The Morgan fingerprint density at radius 1 is 1.14 bits per heavy atom. The van der Waals surface area contributed by atoms with Crippen molar-refractivity contribution in [3.63, 3.8) is 0 Å². The van der Waals surface area contributed by atoms with Gasteiger partial charge in [-0.15, -0.1) is 22.0 Å². The number of carbonyl (C=O) groups excluding carboxylic acids is 2. The third-order valence-corrected chi connectivity index (χ3v) is 5.82. The highest BCUT2D eigenvalue weighted by molar-refractivity contribution is 7.99. The number of aryl methyl sites for hydroxylation is 1. The Hall–Kier alpha value is -2.78. The topological polar surface area (TPSA) is 84.0 Å². The first-order valence-corrected chi connectivity index (χ1v) is 10.8. The van der Waals surface area contributed by atoms with E-state index in [0.29, 0.717) is 23.0 Å². The summed E-state index contributed by atoms with van der Waals surface area (Å²) in [6.07, 6.45) is 0. The van der Waals surface area contributed by atoms with E-state index >= 15 is 0 Å². The van der Waals surface area contributed by atoms with Gasteiger partial charge in [-0.2, -0.15) is 0 Å². The number of anilines is 1. The van der Waals surface area contributed by atoms with Crippen LogP contribution in [0.2, 0.25) is 0 Å². The van der Waals surface area contributed by atoms with Gasteiger partial charge in [-0.05, 0) is 30.7 Å². The van der Waals surface area contributed by atoms with Crippen molar-refractivity contribution in [1.29, 1.82) is 0 Å². The number of halogens is 1. The third-order valence-electron chi connectivity index (χ3n) is 3.77. The molecule has 9 heteroatoms. The maximum Gasteiger partial charge on any atom is 0.286 e. The molecule has 0 atom stereocenters. The van der Waals surface area contributed by atoms with Crippen LogP contribution in [-0.4, -0.2) is 27.8 Å². The standard InChI is InChI=1S/C20H19FN4O2S2/c1-13-4-2-5-14(8-13)10-22-17(26)11-28-12-18-24-25-20(29-18)19(27)23-16-7-3-6-15(21)9-16/h2-9H,10-12H2,1H3,(H,22,26)(H,23,27). The highest BCUT2D eigenvalue weighted by atomic mass is 32.2. The van der Waals surface area contributed by atoms with E-state index in [1.54, 1.807) is 6.07 Å². The van der Waals surface area contributed by atoms with Crippen LogP contribution < -0.4 is 10.6 Å². The number of hydrogen-bond donors (Lipinski definition) is 2. The molecular weight excluding hydrogens is 411 g/mol. The molecule has 29 heavy (non-hydrogen) atoms. The molecule has 0 fully saturated rings. The summed E-state index contributed by atoms with van der Waals surface area (Å²) in [5.74, 6) is -0.179. The summed E-state index contributed by atoms with van der Waals surface area (Å²) < 4.78 is 13.2. The number of rotatable bonds is 8. The van der Waals surface area contributed by atoms with Gasteiger partial charge in [0.25, 0.3) is 5.91 Å². The van der Waals surface area contributed by atoms with E-state index < -0.39 is 11.7 Å². The number of amides is 2. The number of thioether (sulfide) groups is 1. The molecule has 0 unspecified atom stereocenters. The molecule has 0 radical (unpaired) electrons. The average molecular weight is 431 g/mol. The van der Waals surface area contributed by atoms with E-state index in [1.807, 2.05) is 31.2 Å². The normalized spacial score (nSPS) is 10.6. The van der Waals surface area contributed by atoms with Crippen molar-refractivity contribution in [3.8, 4) is 0 Å². The number of nitrogens with one attached hydrogen (secondary N) is 2. The summed E-state index contributed by atoms with van der Waals surface area (Å²) in [7, 11) is 0. The summed E-state index contributed by atoms with van der Waals surface area (Å²) in [4.78, 5) is 24.1. The smallest absolute Gasteiger partial charge is 0.286 e. The van der Waals surface area contributed by atoms with Gasteiger partial charge in [0.05, 0.1) is 5.75 Å². The van der Waals surface area contributed by atoms with Crippen molar-refractivity contribution >= 4 is 40.6 Å². The van der Waals surface area contributed by atoms with Crippen molar-refractivity contribution < 1.29 is 14.0 Å². The summed E-state index contributed by atoms with van der Waals surface area (Å²) >= 11 is 2.55. The van der Waals surface area contributed by atoms with Crippen molar-refractivity contribution in [2.45, 2.75) is 19.2 Å². The monoisotopic (exact) mass is 430 g/mol. The van der Waals surface area contributed by atoms with Gasteiger partial charge in [0.15, 0.2) is 0 Å². The fourth-order valence-electron chi connectivity index (χ4n) is 2.46. The lowest BCUT2D eigenvalue weighted by atomic mass is 10.1. The molecule has 3 rings (SSSR count). The van der Waals surface area contributed by atoms with Crippen LogP contribution in [0.4, 0.5) is 10.1 Å². The molecule has 0 bridgehead atoms. The average Bonchev–Trinajstić information content (AvgIpc) is 3.16. The van der Waals surface area contributed by atoms with Crippen LogP contribution in [-0.2, 0) is 17.1 Å². The van der Waals surface area contributed by atoms with E-state index in [9.17, 15) is 14.0 Å². The SMILES string of the molecule is Cc1cccc(CNC(=O)CSCc2nnc(C(=O)Nc3cccc(F)c3)s2)c1. The van der Waals surface area contributed by atoms with Gasteiger partial charge in [-0.25, -0.2) is 4.39 Å². The molecule has 3 aromatic rings. The lowest BCUT2D eigenvalue weighted by Crippen LogP contribution is -2.24. The van der Waals surface area contributed by atoms with Gasteiger partial charge in [0.2, 0.25) is 10.9 Å². The molecule has 1 heterocycles. The van der Waals surface area contributed by atoms with Gasteiger partial charge < -0.3 is 10.6 Å². The Bertz CT molecular complexity index is 1010. The van der Waals surface area contributed by atoms with Crippen LogP contribution in [0, 0.1) is 12.7 Å². The summed E-state index contributed by atoms with van der Waals surface area (Å²) in [6, 6.07) is 13.6. The quantitative estimate of drug-likeness (QED) is 0.568. The second-order valence-electron chi connectivity index (χ2n) is 6.22. The van der Waals surface area contributed by atoms with E-state index in [4.69, 9.17) is 0 Å². The predicted octanol–water partition coefficient (Wildman–Crippen LogP) is 3.79. The second kappa shape index (κ2) is 10.1. The molecule has 2 N–H and O–H groups in total. The molecule has 0 aliphatic carbocycles. The zero-order valence-corrected chi connectivity index (χ0v) is 17.3. The molecule has 1 aromatic heterocycles. The first-order valence-electron chi connectivity index (χ1n) is 8.79. The Morgan fingerprint density at radius 2 is 1.97 bits per heavy atom. The minimum Gasteiger partial charge on any atom is -0.351 e. The third kappa shape index (κ3) is 6.65. The minimum atomic E-state index is -0.444. The maximum atomic E-state index is 13.2. The zero-order chi connectivity index (χ0) is 20.6. The number of benzene rings is 2. The van der Waals surface area contributed by atoms with Gasteiger partial charge in [-0.3, -0.25) is 9.59 Å². The predicted molar refractivity (Wildman–Crippen MR) is 113 cm³/mol. The largest absolute Gasteiger partial charge is 0.351 e. The molecule has 0 aliphatic rings. The number of aromatic nitrogens is 2. The number of hydrogen-bond acceptors (Lipinski definition) is 6. The zero-order valence-electron chi connectivity index (χ0n) is 15.6. The van der Waals surface area contributed by atoms with Crippen molar-refractivity contribution in [2.24, 2.45) is 0 Å². The van der Waals surface area contributed by atoms with Crippen LogP contribution in [0.25, 0.3) is 0 Å². The van der Waals surface area contributed by atoms with Crippen molar-refractivity contribution in [3.05, 3.63) is 75.5 Å². The van der Waals surface area contributed by atoms with Gasteiger partial charge >= 0.3 is 0 Å². The fourth-order valence-corrected chi connectivity index (χ4v) is 4.10.